The van der Waals surface area contributed by atoms with Crippen molar-refractivity contribution >= 4 is 17.6 Å². The molecule has 0 fully saturated rings. The van der Waals surface area contributed by atoms with Crippen molar-refractivity contribution < 1.29 is 9.53 Å². The zero-order valence-corrected chi connectivity index (χ0v) is 7.73. The molecular formula is C7H15ClO2. The first-order valence-corrected chi connectivity index (χ1v) is 3.95. The molecule has 2 nitrogen and oxygen atoms in total. The normalized spacial score (nSPS) is 8.20. The van der Waals surface area contributed by atoms with Crippen molar-refractivity contribution in [3.63, 3.8) is 0 Å². The van der Waals surface area contributed by atoms with E-state index in [9.17, 15) is 4.79 Å². The fourth-order valence-electron chi connectivity index (χ4n) is 0.294. The quantitative estimate of drug-likeness (QED) is 0.465. The number of alkyl halides is 1. The van der Waals surface area contributed by atoms with Crippen molar-refractivity contribution in [1.82, 2.24) is 0 Å². The van der Waals surface area contributed by atoms with Crippen LogP contribution in [0.2, 0.25) is 0 Å². The first kappa shape index (κ1) is 12.4. The summed E-state index contributed by atoms with van der Waals surface area (Å²) in [5.41, 5.74) is 0. The van der Waals surface area contributed by atoms with Crippen LogP contribution in [0.4, 0.5) is 0 Å². The summed E-state index contributed by atoms with van der Waals surface area (Å²) < 4.78 is 4.63. The monoisotopic (exact) mass is 166 g/mol. The molecule has 0 amide bonds. The fourth-order valence-corrected chi connectivity index (χ4v) is 0.357. The predicted octanol–water partition coefficient (Wildman–Crippen LogP) is 2.20. The van der Waals surface area contributed by atoms with Crippen molar-refractivity contribution in [2.75, 3.05) is 5.88 Å². The van der Waals surface area contributed by atoms with Gasteiger partial charge in [0.2, 0.25) is 0 Å². The molecule has 0 spiro atoms. The molecule has 0 heterocycles. The van der Waals surface area contributed by atoms with Crippen molar-refractivity contribution in [3.05, 3.63) is 0 Å². The lowest BCUT2D eigenvalue weighted by Crippen LogP contribution is -2.11. The van der Waals surface area contributed by atoms with Crippen LogP contribution >= 0.6 is 11.6 Å². The van der Waals surface area contributed by atoms with E-state index in [0.717, 1.165) is 0 Å². The molecule has 3 heteroatoms. The van der Waals surface area contributed by atoms with E-state index in [1.54, 1.807) is 13.8 Å². The molecule has 62 valence electrons. The molecule has 0 aromatic heterocycles. The number of halogens is 1. The number of carbonyl (C=O) groups is 1. The average Bonchev–Trinajstić information content (AvgIpc) is 1.91. The Morgan fingerprint density at radius 3 is 2.00 bits per heavy atom. The van der Waals surface area contributed by atoms with E-state index in [2.05, 4.69) is 4.74 Å². The number of ether oxygens (including phenoxy) is 1. The van der Waals surface area contributed by atoms with Gasteiger partial charge >= 0.3 is 5.97 Å². The molecular weight excluding hydrogens is 152 g/mol. The molecule has 0 aromatic rings. The molecule has 0 saturated carbocycles. The van der Waals surface area contributed by atoms with Gasteiger partial charge in [0.1, 0.15) is 5.88 Å². The van der Waals surface area contributed by atoms with Gasteiger partial charge in [-0.1, -0.05) is 13.8 Å². The molecule has 0 aliphatic heterocycles. The first-order chi connectivity index (χ1) is 4.66. The fraction of sp³-hybridized carbons (Fsp3) is 0.857. The highest BCUT2D eigenvalue weighted by molar-refractivity contribution is 6.26. The summed E-state index contributed by atoms with van der Waals surface area (Å²) in [6.07, 6.45) is -0.0544. The lowest BCUT2D eigenvalue weighted by Gasteiger charge is -2.03. The number of hydrogen-bond acceptors (Lipinski definition) is 2. The van der Waals surface area contributed by atoms with Gasteiger partial charge in [0, 0.05) is 0 Å². The van der Waals surface area contributed by atoms with Gasteiger partial charge in [-0.05, 0) is 13.8 Å². The van der Waals surface area contributed by atoms with Gasteiger partial charge in [-0.3, -0.25) is 4.79 Å². The van der Waals surface area contributed by atoms with E-state index in [4.69, 9.17) is 11.6 Å². The Kier molecular flexibility index (Phi) is 10.9. The minimum absolute atomic E-state index is 0.0544. The third kappa shape index (κ3) is 10.7. The van der Waals surface area contributed by atoms with Crippen LogP contribution in [-0.4, -0.2) is 18.0 Å². The Balaban J connectivity index is 0. The number of esters is 1. The second-order valence-corrected chi connectivity index (χ2v) is 1.94. The van der Waals surface area contributed by atoms with Crippen LogP contribution in [0, 0.1) is 0 Å². The van der Waals surface area contributed by atoms with E-state index < -0.39 is 0 Å². The maximum Gasteiger partial charge on any atom is 0.321 e. The number of hydrogen-bond donors (Lipinski definition) is 0. The van der Waals surface area contributed by atoms with Crippen LogP contribution in [0.1, 0.15) is 27.7 Å². The molecule has 10 heavy (non-hydrogen) atoms. The molecule has 0 rings (SSSR count). The Labute approximate surface area is 67.5 Å². The second kappa shape index (κ2) is 8.76. The standard InChI is InChI=1S/C5H9ClO2.C2H6/c1-4(2)8-5(7)3-6;1-2/h4H,3H2,1-2H3;1-2H3. The maximum absolute atomic E-state index is 10.3. The third-order valence-electron chi connectivity index (χ3n) is 0.476. The Morgan fingerprint density at radius 2 is 1.90 bits per heavy atom. The zero-order valence-electron chi connectivity index (χ0n) is 6.98. The topological polar surface area (TPSA) is 26.3 Å². The molecule has 0 saturated heterocycles. The first-order valence-electron chi connectivity index (χ1n) is 3.42. The van der Waals surface area contributed by atoms with Gasteiger partial charge in [0.25, 0.3) is 0 Å². The van der Waals surface area contributed by atoms with Gasteiger partial charge in [-0.25, -0.2) is 0 Å². The van der Waals surface area contributed by atoms with E-state index in [1.165, 1.54) is 0 Å². The van der Waals surface area contributed by atoms with Crippen LogP contribution in [0.5, 0.6) is 0 Å². The smallest absolute Gasteiger partial charge is 0.321 e. The highest BCUT2D eigenvalue weighted by atomic mass is 35.5. The lowest BCUT2D eigenvalue weighted by molar-refractivity contribution is -0.144. The average molecular weight is 167 g/mol. The zero-order chi connectivity index (χ0) is 8.57. The van der Waals surface area contributed by atoms with Crippen molar-refractivity contribution in [2.45, 2.75) is 33.8 Å². The molecule has 0 aliphatic carbocycles. The van der Waals surface area contributed by atoms with Gasteiger partial charge in [0.05, 0.1) is 6.10 Å². The molecule has 0 aromatic carbocycles. The highest BCUT2D eigenvalue weighted by Gasteiger charge is 2.00. The summed E-state index contributed by atoms with van der Waals surface area (Å²) in [6, 6.07) is 0. The Bertz CT molecular complexity index is 81.7. The molecule has 0 N–H and O–H groups in total. The van der Waals surface area contributed by atoms with E-state index >= 15 is 0 Å². The summed E-state index contributed by atoms with van der Waals surface area (Å²) in [5, 5.41) is 0. The number of carbonyl (C=O) groups excluding carboxylic acids is 1. The molecule has 0 unspecified atom stereocenters. The molecule has 0 bridgehead atoms. The minimum Gasteiger partial charge on any atom is -0.462 e. The second-order valence-electron chi connectivity index (χ2n) is 1.67. The minimum atomic E-state index is -0.360. The van der Waals surface area contributed by atoms with Crippen LogP contribution in [0.3, 0.4) is 0 Å². The van der Waals surface area contributed by atoms with Crippen LogP contribution < -0.4 is 0 Å². The van der Waals surface area contributed by atoms with Crippen molar-refractivity contribution in [3.8, 4) is 0 Å². The molecule has 0 atom stereocenters. The van der Waals surface area contributed by atoms with E-state index in [1.807, 2.05) is 13.8 Å². The lowest BCUT2D eigenvalue weighted by atomic mass is 10.5. The maximum atomic E-state index is 10.3. The summed E-state index contributed by atoms with van der Waals surface area (Å²) >= 11 is 5.12. The summed E-state index contributed by atoms with van der Waals surface area (Å²) in [7, 11) is 0. The third-order valence-corrected chi connectivity index (χ3v) is 0.694. The van der Waals surface area contributed by atoms with Gasteiger partial charge in [-0.2, -0.15) is 0 Å². The molecule has 0 aliphatic rings. The van der Waals surface area contributed by atoms with Crippen molar-refractivity contribution in [2.24, 2.45) is 0 Å². The highest BCUT2D eigenvalue weighted by Crippen LogP contribution is 1.89. The number of rotatable bonds is 2. The predicted molar refractivity (Wildman–Crippen MR) is 43.3 cm³/mol. The van der Waals surface area contributed by atoms with Gasteiger partial charge in [-0.15, -0.1) is 11.6 Å². The summed E-state index contributed by atoms with van der Waals surface area (Å²) in [5.74, 6) is -0.417. The largest absolute Gasteiger partial charge is 0.462 e. The van der Waals surface area contributed by atoms with E-state index in [-0.39, 0.29) is 18.0 Å². The van der Waals surface area contributed by atoms with Gasteiger partial charge < -0.3 is 4.74 Å². The van der Waals surface area contributed by atoms with Crippen molar-refractivity contribution in [1.29, 1.82) is 0 Å². The van der Waals surface area contributed by atoms with Gasteiger partial charge in [0.15, 0.2) is 0 Å². The summed E-state index contributed by atoms with van der Waals surface area (Å²) in [4.78, 5) is 10.3. The van der Waals surface area contributed by atoms with Crippen LogP contribution in [0.15, 0.2) is 0 Å². The SMILES string of the molecule is CC.CC(C)OC(=O)CCl. The Hall–Kier alpha value is -0.240. The Morgan fingerprint density at radius 1 is 1.50 bits per heavy atom. The summed E-state index contributed by atoms with van der Waals surface area (Å²) in [6.45, 7) is 7.56. The van der Waals surface area contributed by atoms with Crippen LogP contribution in [-0.2, 0) is 9.53 Å². The van der Waals surface area contributed by atoms with E-state index in [0.29, 0.717) is 0 Å². The van der Waals surface area contributed by atoms with Crippen LogP contribution in [0.25, 0.3) is 0 Å². The molecule has 0 radical (unpaired) electrons.